The van der Waals surface area contributed by atoms with E-state index < -0.39 is 0 Å². The van der Waals surface area contributed by atoms with E-state index in [0.29, 0.717) is 18.0 Å². The zero-order chi connectivity index (χ0) is 15.5. The summed E-state index contributed by atoms with van der Waals surface area (Å²) in [6, 6.07) is 1.84. The Balaban J connectivity index is 2.20. The average molecular weight is 297 g/mol. The summed E-state index contributed by atoms with van der Waals surface area (Å²) in [5, 5.41) is 12.2. The third-order valence-corrected chi connectivity index (χ3v) is 3.51. The van der Waals surface area contributed by atoms with Crippen LogP contribution in [-0.2, 0) is 6.54 Å². The van der Waals surface area contributed by atoms with E-state index in [0.717, 1.165) is 26.2 Å². The first-order valence-electron chi connectivity index (χ1n) is 7.00. The number of hydrogen-bond acceptors (Lipinski definition) is 6. The van der Waals surface area contributed by atoms with Gasteiger partial charge in [-0.05, 0) is 6.92 Å². The molecule has 2 N–H and O–H groups in total. The molecular weight excluding hydrogens is 282 g/mol. The molecule has 3 heterocycles. The largest absolute Gasteiger partial charge is 0.340 e. The Kier molecular flexibility index (Phi) is 3.77. The Labute approximate surface area is 126 Å². The van der Waals surface area contributed by atoms with Crippen molar-refractivity contribution in [2.45, 2.75) is 13.5 Å². The van der Waals surface area contributed by atoms with Crippen molar-refractivity contribution in [3.8, 4) is 17.9 Å². The summed E-state index contributed by atoms with van der Waals surface area (Å²) in [6.07, 6.45) is 0. The second-order valence-electron chi connectivity index (χ2n) is 4.86. The third-order valence-electron chi connectivity index (χ3n) is 3.51. The Morgan fingerprint density at radius 1 is 1.32 bits per heavy atom. The lowest BCUT2D eigenvalue weighted by Crippen LogP contribution is -2.44. The van der Waals surface area contributed by atoms with Crippen LogP contribution in [0.25, 0.3) is 11.2 Å². The fourth-order valence-electron chi connectivity index (χ4n) is 2.50. The van der Waals surface area contributed by atoms with Crippen LogP contribution in [0.2, 0.25) is 0 Å². The van der Waals surface area contributed by atoms with Crippen LogP contribution >= 0.6 is 0 Å². The van der Waals surface area contributed by atoms with Gasteiger partial charge in [-0.15, -0.1) is 5.92 Å². The van der Waals surface area contributed by atoms with Gasteiger partial charge in [-0.1, -0.05) is 5.92 Å². The summed E-state index contributed by atoms with van der Waals surface area (Å²) in [5.41, 5.74) is 0.273. The Bertz CT molecular complexity index is 855. The number of hydrogen-bond donors (Lipinski definition) is 2. The van der Waals surface area contributed by atoms with E-state index in [1.54, 1.807) is 11.5 Å². The number of aromatic nitrogens is 4. The highest BCUT2D eigenvalue weighted by atomic mass is 16.1. The molecule has 0 bridgehead atoms. The van der Waals surface area contributed by atoms with E-state index in [1.807, 2.05) is 6.07 Å². The summed E-state index contributed by atoms with van der Waals surface area (Å²) < 4.78 is 1.77. The van der Waals surface area contributed by atoms with E-state index in [4.69, 9.17) is 5.26 Å². The number of nitrogens with zero attached hydrogens (tertiary/aromatic N) is 5. The summed E-state index contributed by atoms with van der Waals surface area (Å²) in [5.74, 6) is 6.43. The number of nitrogens with one attached hydrogen (secondary N) is 2. The Morgan fingerprint density at radius 2 is 2.09 bits per heavy atom. The number of anilines is 1. The first kappa shape index (κ1) is 14.1. The lowest BCUT2D eigenvalue weighted by Gasteiger charge is -2.28. The lowest BCUT2D eigenvalue weighted by molar-refractivity contribution is 0.573. The molecule has 0 saturated carbocycles. The highest BCUT2D eigenvalue weighted by Gasteiger charge is 2.21. The van der Waals surface area contributed by atoms with Crippen molar-refractivity contribution in [3.05, 3.63) is 16.2 Å². The Hall–Kier alpha value is -2.84. The van der Waals surface area contributed by atoms with Crippen molar-refractivity contribution < 1.29 is 0 Å². The quantitative estimate of drug-likeness (QED) is 0.719. The molecule has 22 heavy (non-hydrogen) atoms. The van der Waals surface area contributed by atoms with Crippen LogP contribution in [0.3, 0.4) is 0 Å². The molecular formula is C14H15N7O. The van der Waals surface area contributed by atoms with Gasteiger partial charge >= 0.3 is 0 Å². The predicted molar refractivity (Wildman–Crippen MR) is 81.4 cm³/mol. The second kappa shape index (κ2) is 5.88. The van der Waals surface area contributed by atoms with Gasteiger partial charge in [0.15, 0.2) is 11.2 Å². The van der Waals surface area contributed by atoms with Crippen molar-refractivity contribution >= 4 is 17.1 Å². The molecule has 8 heteroatoms. The van der Waals surface area contributed by atoms with Gasteiger partial charge in [0.1, 0.15) is 6.07 Å². The number of piperazine rings is 1. The zero-order valence-corrected chi connectivity index (χ0v) is 12.2. The van der Waals surface area contributed by atoms with Crippen LogP contribution in [0.1, 0.15) is 12.7 Å². The molecule has 0 atom stereocenters. The maximum atomic E-state index is 12.3. The van der Waals surface area contributed by atoms with Crippen LogP contribution in [0.15, 0.2) is 4.79 Å². The van der Waals surface area contributed by atoms with E-state index in [2.05, 4.69) is 37.0 Å². The number of aromatic amines is 1. The van der Waals surface area contributed by atoms with Crippen LogP contribution in [0.4, 0.5) is 5.95 Å². The summed E-state index contributed by atoms with van der Waals surface area (Å²) in [4.78, 5) is 25.4. The number of H-pyrrole nitrogens is 1. The molecule has 1 aliphatic rings. The standard InChI is InChI=1S/C14H15N7O/c1-2-3-6-21-11-12(17-10(9-15)18-13(11)22)19-14(21)20-7-4-16-5-8-20/h16H,4-8H2,1H3,(H,17,18,22). The van der Waals surface area contributed by atoms with Gasteiger partial charge < -0.3 is 10.2 Å². The molecule has 0 unspecified atom stereocenters. The van der Waals surface area contributed by atoms with Gasteiger partial charge in [-0.2, -0.15) is 15.2 Å². The van der Waals surface area contributed by atoms with Crippen LogP contribution < -0.4 is 15.8 Å². The third kappa shape index (κ3) is 2.41. The smallest absolute Gasteiger partial charge is 0.278 e. The van der Waals surface area contributed by atoms with Crippen molar-refractivity contribution in [1.82, 2.24) is 24.8 Å². The number of rotatable bonds is 2. The first-order chi connectivity index (χ1) is 10.7. The van der Waals surface area contributed by atoms with Gasteiger partial charge in [0.2, 0.25) is 11.8 Å². The van der Waals surface area contributed by atoms with E-state index in [-0.39, 0.29) is 17.0 Å². The molecule has 2 aromatic rings. The fraction of sp³-hybridized carbons (Fsp3) is 0.429. The highest BCUT2D eigenvalue weighted by Crippen LogP contribution is 2.19. The summed E-state index contributed by atoms with van der Waals surface area (Å²) in [6.45, 7) is 5.42. The molecule has 2 aromatic heterocycles. The van der Waals surface area contributed by atoms with Crippen LogP contribution in [-0.4, -0.2) is 45.7 Å². The molecule has 0 aromatic carbocycles. The maximum absolute atomic E-state index is 12.3. The van der Waals surface area contributed by atoms with Gasteiger partial charge in [0.25, 0.3) is 5.56 Å². The minimum absolute atomic E-state index is 0.0319. The van der Waals surface area contributed by atoms with Gasteiger partial charge in [0, 0.05) is 26.2 Å². The van der Waals surface area contributed by atoms with Gasteiger partial charge in [0.05, 0.1) is 6.54 Å². The lowest BCUT2D eigenvalue weighted by atomic mass is 10.4. The molecule has 0 radical (unpaired) electrons. The van der Waals surface area contributed by atoms with Crippen LogP contribution in [0.5, 0.6) is 0 Å². The molecule has 0 aliphatic carbocycles. The summed E-state index contributed by atoms with van der Waals surface area (Å²) >= 11 is 0. The monoisotopic (exact) mass is 297 g/mol. The minimum Gasteiger partial charge on any atom is -0.340 e. The zero-order valence-electron chi connectivity index (χ0n) is 12.2. The molecule has 3 rings (SSSR count). The fourth-order valence-corrected chi connectivity index (χ4v) is 2.50. The van der Waals surface area contributed by atoms with Crippen LogP contribution in [0, 0.1) is 23.2 Å². The predicted octanol–water partition coefficient (Wildman–Crippen LogP) is -0.576. The van der Waals surface area contributed by atoms with Gasteiger partial charge in [-0.3, -0.25) is 14.3 Å². The molecule has 0 amide bonds. The maximum Gasteiger partial charge on any atom is 0.278 e. The number of imidazole rings is 1. The molecule has 1 aliphatic heterocycles. The average Bonchev–Trinajstić information content (AvgIpc) is 2.92. The van der Waals surface area contributed by atoms with Crippen molar-refractivity contribution in [1.29, 1.82) is 5.26 Å². The molecule has 8 nitrogen and oxygen atoms in total. The topological polar surface area (TPSA) is 103 Å². The number of fused-ring (bicyclic) bond motifs is 1. The summed E-state index contributed by atoms with van der Waals surface area (Å²) in [7, 11) is 0. The SMILES string of the molecule is CC#CCn1c(N2CCNCC2)nc2nc(C#N)[nH]c(=O)c21. The second-order valence-corrected chi connectivity index (χ2v) is 4.86. The molecule has 0 spiro atoms. The van der Waals surface area contributed by atoms with Crippen molar-refractivity contribution in [3.63, 3.8) is 0 Å². The van der Waals surface area contributed by atoms with Crippen molar-refractivity contribution in [2.75, 3.05) is 31.1 Å². The highest BCUT2D eigenvalue weighted by molar-refractivity contribution is 5.74. The first-order valence-corrected chi connectivity index (χ1v) is 7.00. The minimum atomic E-state index is -0.367. The van der Waals surface area contributed by atoms with E-state index >= 15 is 0 Å². The van der Waals surface area contributed by atoms with Gasteiger partial charge in [-0.25, -0.2) is 0 Å². The molecule has 1 saturated heterocycles. The Morgan fingerprint density at radius 3 is 2.77 bits per heavy atom. The van der Waals surface area contributed by atoms with E-state index in [9.17, 15) is 4.79 Å². The van der Waals surface area contributed by atoms with E-state index in [1.165, 1.54) is 0 Å². The number of nitriles is 1. The molecule has 1 fully saturated rings. The molecule has 112 valence electrons. The van der Waals surface area contributed by atoms with Crippen molar-refractivity contribution in [2.24, 2.45) is 0 Å². The normalized spacial score (nSPS) is 14.5.